The van der Waals surface area contributed by atoms with E-state index >= 15 is 0 Å². The first-order chi connectivity index (χ1) is 13.3. The number of amides is 1. The van der Waals surface area contributed by atoms with E-state index in [0.717, 1.165) is 0 Å². The number of nitrogens with one attached hydrogen (secondary N) is 1. The number of hydrogen-bond donors (Lipinski definition) is 1. The molecule has 1 aliphatic rings. The highest BCUT2D eigenvalue weighted by Gasteiger charge is 2.29. The summed E-state index contributed by atoms with van der Waals surface area (Å²) in [5.74, 6) is -0.913. The summed E-state index contributed by atoms with van der Waals surface area (Å²) >= 11 is 3.20. The zero-order valence-electron chi connectivity index (χ0n) is 15.2. The van der Waals surface area contributed by atoms with Crippen LogP contribution in [0, 0.1) is 5.82 Å². The highest BCUT2D eigenvalue weighted by molar-refractivity contribution is 9.10. The standard InChI is InChI=1S/C19H20BrFN2O4S/c1-2-13-3-4-14(19(24)22-17-6-5-15(21)12-16(17)20)11-18(13)28(25,26)23-7-9-27-10-8-23/h3-6,11-12H,2,7-10H2,1H3,(H,22,24). The lowest BCUT2D eigenvalue weighted by Crippen LogP contribution is -2.41. The first kappa shape index (κ1) is 20.9. The fraction of sp³-hybridized carbons (Fsp3) is 0.316. The van der Waals surface area contributed by atoms with Crippen LogP contribution in [0.1, 0.15) is 22.8 Å². The third-order valence-electron chi connectivity index (χ3n) is 4.48. The van der Waals surface area contributed by atoms with E-state index in [1.54, 1.807) is 12.1 Å². The normalized spacial score (nSPS) is 15.4. The lowest BCUT2D eigenvalue weighted by Gasteiger charge is -2.27. The number of halogens is 2. The van der Waals surface area contributed by atoms with Gasteiger partial charge in [-0.2, -0.15) is 4.31 Å². The molecule has 0 bridgehead atoms. The van der Waals surface area contributed by atoms with Crippen molar-refractivity contribution >= 4 is 37.5 Å². The average Bonchev–Trinajstić information content (AvgIpc) is 2.70. The summed E-state index contributed by atoms with van der Waals surface area (Å²) in [4.78, 5) is 12.8. The Morgan fingerprint density at radius 3 is 2.57 bits per heavy atom. The number of carbonyl (C=O) groups is 1. The van der Waals surface area contributed by atoms with E-state index < -0.39 is 21.7 Å². The number of rotatable bonds is 5. The molecule has 1 aliphatic heterocycles. The van der Waals surface area contributed by atoms with Crippen molar-refractivity contribution in [3.63, 3.8) is 0 Å². The van der Waals surface area contributed by atoms with Gasteiger partial charge in [0.2, 0.25) is 10.0 Å². The molecule has 9 heteroatoms. The van der Waals surface area contributed by atoms with Crippen LogP contribution in [0.15, 0.2) is 45.8 Å². The molecule has 1 heterocycles. The molecule has 1 N–H and O–H groups in total. The van der Waals surface area contributed by atoms with Gasteiger partial charge in [-0.15, -0.1) is 0 Å². The highest BCUT2D eigenvalue weighted by Crippen LogP contribution is 2.26. The summed E-state index contributed by atoms with van der Waals surface area (Å²) in [6.45, 7) is 3.12. The van der Waals surface area contributed by atoms with Crippen molar-refractivity contribution in [1.29, 1.82) is 0 Å². The molecule has 0 aromatic heterocycles. The molecule has 2 aromatic rings. The third-order valence-corrected chi connectivity index (χ3v) is 7.11. The predicted molar refractivity (Wildman–Crippen MR) is 107 cm³/mol. The van der Waals surface area contributed by atoms with Gasteiger partial charge in [0, 0.05) is 23.1 Å². The average molecular weight is 471 g/mol. The highest BCUT2D eigenvalue weighted by atomic mass is 79.9. The van der Waals surface area contributed by atoms with Gasteiger partial charge in [0.15, 0.2) is 0 Å². The van der Waals surface area contributed by atoms with Crippen molar-refractivity contribution in [2.24, 2.45) is 0 Å². The largest absolute Gasteiger partial charge is 0.379 e. The van der Waals surface area contributed by atoms with Crippen molar-refractivity contribution in [2.75, 3.05) is 31.6 Å². The van der Waals surface area contributed by atoms with Crippen LogP contribution < -0.4 is 5.32 Å². The Labute approximate surface area is 171 Å². The number of carbonyl (C=O) groups excluding carboxylic acids is 1. The first-order valence-corrected chi connectivity index (χ1v) is 11.0. The maximum absolute atomic E-state index is 13.2. The van der Waals surface area contributed by atoms with Crippen LogP contribution in [0.4, 0.5) is 10.1 Å². The second kappa shape index (κ2) is 8.69. The molecule has 0 saturated carbocycles. The third kappa shape index (κ3) is 4.43. The molecule has 0 atom stereocenters. The van der Waals surface area contributed by atoms with Crippen molar-refractivity contribution < 1.29 is 22.3 Å². The van der Waals surface area contributed by atoms with Crippen molar-refractivity contribution in [3.05, 3.63) is 57.8 Å². The number of aryl methyl sites for hydroxylation is 1. The van der Waals surface area contributed by atoms with Crippen molar-refractivity contribution in [3.8, 4) is 0 Å². The lowest BCUT2D eigenvalue weighted by atomic mass is 10.1. The van der Waals surface area contributed by atoms with Crippen LogP contribution in [0.3, 0.4) is 0 Å². The van der Waals surface area contributed by atoms with Gasteiger partial charge in [0.25, 0.3) is 5.91 Å². The smallest absolute Gasteiger partial charge is 0.255 e. The molecule has 0 unspecified atom stereocenters. The SMILES string of the molecule is CCc1ccc(C(=O)Nc2ccc(F)cc2Br)cc1S(=O)(=O)N1CCOCC1. The predicted octanol–water partition coefficient (Wildman–Crippen LogP) is 3.42. The Morgan fingerprint density at radius 1 is 1.21 bits per heavy atom. The fourth-order valence-electron chi connectivity index (χ4n) is 2.94. The van der Waals surface area contributed by atoms with E-state index in [0.29, 0.717) is 35.4 Å². The fourth-order valence-corrected chi connectivity index (χ4v) is 5.12. The van der Waals surface area contributed by atoms with Crippen molar-refractivity contribution in [2.45, 2.75) is 18.2 Å². The Balaban J connectivity index is 1.92. The maximum atomic E-state index is 13.2. The number of ether oxygens (including phenoxy) is 1. The summed E-state index contributed by atoms with van der Waals surface area (Å²) in [6.07, 6.45) is 0.518. The van der Waals surface area contributed by atoms with Gasteiger partial charge in [-0.25, -0.2) is 12.8 Å². The van der Waals surface area contributed by atoms with Crippen LogP contribution in [-0.2, 0) is 21.2 Å². The van der Waals surface area contributed by atoms with Gasteiger partial charge >= 0.3 is 0 Å². The van der Waals surface area contributed by atoms with E-state index in [1.807, 2.05) is 6.92 Å². The number of sulfonamides is 1. The van der Waals surface area contributed by atoms with E-state index in [9.17, 15) is 17.6 Å². The molecule has 1 fully saturated rings. The number of anilines is 1. The van der Waals surface area contributed by atoms with Gasteiger partial charge < -0.3 is 10.1 Å². The maximum Gasteiger partial charge on any atom is 0.255 e. The number of benzene rings is 2. The number of hydrogen-bond acceptors (Lipinski definition) is 4. The van der Waals surface area contributed by atoms with Crippen LogP contribution in [-0.4, -0.2) is 44.9 Å². The number of nitrogens with zero attached hydrogens (tertiary/aromatic N) is 1. The Kier molecular flexibility index (Phi) is 6.49. The summed E-state index contributed by atoms with van der Waals surface area (Å²) in [5, 5.41) is 2.67. The molecular formula is C19H20BrFN2O4S. The molecular weight excluding hydrogens is 451 g/mol. The Hall–Kier alpha value is -1.81. The topological polar surface area (TPSA) is 75.7 Å². The van der Waals surface area contributed by atoms with E-state index in [2.05, 4.69) is 21.2 Å². The van der Waals surface area contributed by atoms with Gasteiger partial charge in [0.1, 0.15) is 5.82 Å². The molecule has 0 aliphatic carbocycles. The Bertz CT molecular complexity index is 991. The van der Waals surface area contributed by atoms with E-state index in [4.69, 9.17) is 4.74 Å². The molecule has 150 valence electrons. The molecule has 1 saturated heterocycles. The van der Waals surface area contributed by atoms with E-state index in [-0.39, 0.29) is 23.5 Å². The van der Waals surface area contributed by atoms with Gasteiger partial charge in [0.05, 0.1) is 23.8 Å². The van der Waals surface area contributed by atoms with Crippen LogP contribution >= 0.6 is 15.9 Å². The van der Waals surface area contributed by atoms with Crippen LogP contribution in [0.2, 0.25) is 0 Å². The van der Waals surface area contributed by atoms with Gasteiger partial charge in [-0.1, -0.05) is 13.0 Å². The van der Waals surface area contributed by atoms with Gasteiger partial charge in [-0.3, -0.25) is 4.79 Å². The molecule has 1 amide bonds. The summed E-state index contributed by atoms with van der Waals surface area (Å²) in [6, 6.07) is 8.55. The van der Waals surface area contributed by atoms with Crippen molar-refractivity contribution in [1.82, 2.24) is 4.31 Å². The molecule has 3 rings (SSSR count). The van der Waals surface area contributed by atoms with Crippen LogP contribution in [0.5, 0.6) is 0 Å². The van der Waals surface area contributed by atoms with Crippen LogP contribution in [0.25, 0.3) is 0 Å². The molecule has 0 spiro atoms. The number of morpholine rings is 1. The van der Waals surface area contributed by atoms with E-state index in [1.165, 1.54) is 28.6 Å². The lowest BCUT2D eigenvalue weighted by molar-refractivity contribution is 0.0730. The summed E-state index contributed by atoms with van der Waals surface area (Å²) < 4.78 is 46.4. The second-order valence-corrected chi connectivity index (χ2v) is 9.03. The quantitative estimate of drug-likeness (QED) is 0.726. The zero-order chi connectivity index (χ0) is 20.3. The summed E-state index contributed by atoms with van der Waals surface area (Å²) in [7, 11) is -3.73. The minimum absolute atomic E-state index is 0.128. The second-order valence-electron chi connectivity index (χ2n) is 6.27. The minimum atomic E-state index is -3.73. The molecule has 0 radical (unpaired) electrons. The minimum Gasteiger partial charge on any atom is -0.379 e. The first-order valence-electron chi connectivity index (χ1n) is 8.80. The monoisotopic (exact) mass is 470 g/mol. The zero-order valence-corrected chi connectivity index (χ0v) is 17.6. The Morgan fingerprint density at radius 2 is 1.93 bits per heavy atom. The summed E-state index contributed by atoms with van der Waals surface area (Å²) in [5.41, 5.74) is 1.25. The van der Waals surface area contributed by atoms with Gasteiger partial charge in [-0.05, 0) is 58.2 Å². The molecule has 6 nitrogen and oxygen atoms in total. The molecule has 28 heavy (non-hydrogen) atoms. The molecule has 2 aromatic carbocycles.